The first-order chi connectivity index (χ1) is 9.69. The van der Waals surface area contributed by atoms with E-state index in [9.17, 15) is 4.39 Å². The van der Waals surface area contributed by atoms with E-state index in [4.69, 9.17) is 5.41 Å². The summed E-state index contributed by atoms with van der Waals surface area (Å²) in [5.74, 6) is -0.231. The molecule has 20 heavy (non-hydrogen) atoms. The average molecular weight is 272 g/mol. The molecule has 2 aromatic carbocycles. The Balaban J connectivity index is 0.000000956. The molecule has 0 bridgehead atoms. The number of hydrogen-bond acceptors (Lipinski definition) is 2. The number of anilines is 1. The molecule has 2 aromatic rings. The van der Waals surface area contributed by atoms with Crippen LogP contribution in [-0.2, 0) is 6.54 Å². The summed E-state index contributed by atoms with van der Waals surface area (Å²) in [6, 6.07) is 12.4. The molecule has 106 valence electrons. The van der Waals surface area contributed by atoms with Crippen LogP contribution in [0, 0.1) is 18.2 Å². The summed E-state index contributed by atoms with van der Waals surface area (Å²) < 4.78 is 13.0. The van der Waals surface area contributed by atoms with Gasteiger partial charge in [-0.15, -0.1) is 0 Å². The van der Waals surface area contributed by atoms with Crippen molar-refractivity contribution in [3.8, 4) is 0 Å². The highest BCUT2D eigenvalue weighted by atomic mass is 19.1. The van der Waals surface area contributed by atoms with Crippen molar-refractivity contribution in [2.24, 2.45) is 0 Å². The van der Waals surface area contributed by atoms with Crippen molar-refractivity contribution in [3.05, 3.63) is 65.0 Å². The van der Waals surface area contributed by atoms with Gasteiger partial charge in [0.2, 0.25) is 0 Å². The lowest BCUT2D eigenvalue weighted by Gasteiger charge is -2.10. The lowest BCUT2D eigenvalue weighted by Crippen LogP contribution is -2.02. The number of nitrogens with one attached hydrogen (secondary N) is 2. The van der Waals surface area contributed by atoms with Crippen LogP contribution in [0.1, 0.15) is 30.5 Å². The third-order valence-electron chi connectivity index (χ3n) is 2.73. The fraction of sp³-hybridized carbons (Fsp3) is 0.235. The molecule has 0 aromatic heterocycles. The van der Waals surface area contributed by atoms with Gasteiger partial charge in [0.1, 0.15) is 5.82 Å². The Hall–Kier alpha value is -2.16. The fourth-order valence-corrected chi connectivity index (χ4v) is 1.81. The van der Waals surface area contributed by atoms with Gasteiger partial charge in [0.25, 0.3) is 0 Å². The predicted octanol–water partition coefficient (Wildman–Crippen LogP) is 4.77. The molecule has 3 heteroatoms. The Morgan fingerprint density at radius 1 is 1.15 bits per heavy atom. The Bertz CT molecular complexity index is 565. The minimum absolute atomic E-state index is 0.231. The van der Waals surface area contributed by atoms with E-state index < -0.39 is 0 Å². The summed E-state index contributed by atoms with van der Waals surface area (Å²) in [4.78, 5) is 0. The number of rotatable bonds is 4. The van der Waals surface area contributed by atoms with E-state index in [1.807, 2.05) is 45.0 Å². The maximum atomic E-state index is 13.0. The van der Waals surface area contributed by atoms with Crippen molar-refractivity contribution < 1.29 is 4.39 Å². The van der Waals surface area contributed by atoms with Gasteiger partial charge in [0.15, 0.2) is 0 Å². The largest absolute Gasteiger partial charge is 0.380 e. The SMILES string of the molecule is CC.Cc1ccc(NCc2cccc(F)c2)c(C=N)c1. The van der Waals surface area contributed by atoms with E-state index >= 15 is 0 Å². The van der Waals surface area contributed by atoms with Gasteiger partial charge in [-0.05, 0) is 36.8 Å². The molecule has 0 radical (unpaired) electrons. The molecule has 2 nitrogen and oxygen atoms in total. The normalized spacial score (nSPS) is 9.40. The molecule has 0 atom stereocenters. The summed E-state index contributed by atoms with van der Waals surface area (Å²) >= 11 is 0. The number of benzene rings is 2. The average Bonchev–Trinajstić information content (AvgIpc) is 2.48. The molecule has 0 saturated heterocycles. The second-order valence-corrected chi connectivity index (χ2v) is 4.22. The molecule has 2 N–H and O–H groups in total. The summed E-state index contributed by atoms with van der Waals surface area (Å²) in [6.45, 7) is 6.53. The number of halogens is 1. The van der Waals surface area contributed by atoms with Gasteiger partial charge >= 0.3 is 0 Å². The van der Waals surface area contributed by atoms with Gasteiger partial charge in [-0.2, -0.15) is 0 Å². The molecule has 0 aliphatic rings. The zero-order valence-electron chi connectivity index (χ0n) is 12.2. The molecule has 0 aliphatic heterocycles. The van der Waals surface area contributed by atoms with Crippen molar-refractivity contribution in [1.82, 2.24) is 0 Å². The van der Waals surface area contributed by atoms with E-state index in [-0.39, 0.29) is 5.82 Å². The van der Waals surface area contributed by atoms with Crippen LogP contribution in [0.15, 0.2) is 42.5 Å². The molecule has 0 spiro atoms. The summed E-state index contributed by atoms with van der Waals surface area (Å²) in [5.41, 5.74) is 3.72. The first-order valence-corrected chi connectivity index (χ1v) is 6.78. The van der Waals surface area contributed by atoms with Crippen LogP contribution < -0.4 is 5.32 Å². The minimum atomic E-state index is -0.231. The van der Waals surface area contributed by atoms with Crippen LogP contribution in [0.4, 0.5) is 10.1 Å². The van der Waals surface area contributed by atoms with Crippen LogP contribution in [-0.4, -0.2) is 6.21 Å². The van der Waals surface area contributed by atoms with Crippen LogP contribution >= 0.6 is 0 Å². The summed E-state index contributed by atoms with van der Waals surface area (Å²) in [5, 5.41) is 10.6. The van der Waals surface area contributed by atoms with Crippen LogP contribution in [0.2, 0.25) is 0 Å². The second-order valence-electron chi connectivity index (χ2n) is 4.22. The molecule has 0 unspecified atom stereocenters. The Morgan fingerprint density at radius 2 is 1.90 bits per heavy atom. The zero-order chi connectivity index (χ0) is 15.0. The third kappa shape index (κ3) is 4.50. The molecule has 0 heterocycles. The van der Waals surface area contributed by atoms with Gasteiger partial charge in [0, 0.05) is 24.0 Å². The van der Waals surface area contributed by atoms with E-state index in [1.54, 1.807) is 6.07 Å². The third-order valence-corrected chi connectivity index (χ3v) is 2.73. The van der Waals surface area contributed by atoms with E-state index in [0.717, 1.165) is 22.4 Å². The van der Waals surface area contributed by atoms with Crippen molar-refractivity contribution in [2.75, 3.05) is 5.32 Å². The zero-order valence-corrected chi connectivity index (χ0v) is 12.2. The van der Waals surface area contributed by atoms with Gasteiger partial charge in [0.05, 0.1) is 0 Å². The predicted molar refractivity (Wildman–Crippen MR) is 84.1 cm³/mol. The molecule has 0 saturated carbocycles. The Kier molecular flexibility index (Phi) is 6.44. The van der Waals surface area contributed by atoms with Gasteiger partial charge in [-0.3, -0.25) is 0 Å². The first kappa shape index (κ1) is 15.9. The van der Waals surface area contributed by atoms with Crippen LogP contribution in [0.25, 0.3) is 0 Å². The lowest BCUT2D eigenvalue weighted by molar-refractivity contribution is 0.626. The summed E-state index contributed by atoms with van der Waals surface area (Å²) in [6.07, 6.45) is 1.32. The molecule has 0 amide bonds. The summed E-state index contributed by atoms with van der Waals surface area (Å²) in [7, 11) is 0. The van der Waals surface area contributed by atoms with Gasteiger partial charge in [-0.25, -0.2) is 4.39 Å². The monoisotopic (exact) mass is 272 g/mol. The quantitative estimate of drug-likeness (QED) is 0.773. The van der Waals surface area contributed by atoms with Crippen molar-refractivity contribution >= 4 is 11.9 Å². The fourth-order valence-electron chi connectivity index (χ4n) is 1.81. The van der Waals surface area contributed by atoms with Crippen LogP contribution in [0.5, 0.6) is 0 Å². The standard InChI is InChI=1S/C15H15FN2.C2H6/c1-11-5-6-15(13(7-11)9-17)18-10-12-3-2-4-14(16)8-12;1-2/h2-9,17-18H,10H2,1H3;1-2H3. The number of aryl methyl sites for hydroxylation is 1. The molecule has 0 aliphatic carbocycles. The van der Waals surface area contributed by atoms with E-state index in [1.165, 1.54) is 18.3 Å². The van der Waals surface area contributed by atoms with Crippen molar-refractivity contribution in [3.63, 3.8) is 0 Å². The second kappa shape index (κ2) is 8.10. The van der Waals surface area contributed by atoms with E-state index in [2.05, 4.69) is 5.32 Å². The van der Waals surface area contributed by atoms with E-state index in [0.29, 0.717) is 6.54 Å². The minimum Gasteiger partial charge on any atom is -0.380 e. The van der Waals surface area contributed by atoms with Crippen LogP contribution in [0.3, 0.4) is 0 Å². The highest BCUT2D eigenvalue weighted by molar-refractivity contribution is 5.86. The molecule has 0 fully saturated rings. The molecular weight excluding hydrogens is 251 g/mol. The molecular formula is C17H21FN2. The first-order valence-electron chi connectivity index (χ1n) is 6.78. The highest BCUT2D eigenvalue weighted by Crippen LogP contribution is 2.16. The van der Waals surface area contributed by atoms with Crippen molar-refractivity contribution in [2.45, 2.75) is 27.3 Å². The number of hydrogen-bond donors (Lipinski definition) is 2. The highest BCUT2D eigenvalue weighted by Gasteiger charge is 2.01. The topological polar surface area (TPSA) is 35.9 Å². The molecule has 2 rings (SSSR count). The van der Waals surface area contributed by atoms with Gasteiger partial charge < -0.3 is 10.7 Å². The van der Waals surface area contributed by atoms with Crippen molar-refractivity contribution in [1.29, 1.82) is 5.41 Å². The van der Waals surface area contributed by atoms with Gasteiger partial charge in [-0.1, -0.05) is 37.6 Å². The Labute approximate surface area is 120 Å². The maximum Gasteiger partial charge on any atom is 0.123 e. The maximum absolute atomic E-state index is 13.0. The Morgan fingerprint density at radius 3 is 2.55 bits per heavy atom. The smallest absolute Gasteiger partial charge is 0.123 e. The lowest BCUT2D eigenvalue weighted by atomic mass is 10.1.